The van der Waals surface area contributed by atoms with E-state index in [1.165, 1.54) is 0 Å². The van der Waals surface area contributed by atoms with Crippen LogP contribution in [0.25, 0.3) is 0 Å². The lowest BCUT2D eigenvalue weighted by Gasteiger charge is -2.52. The predicted octanol–water partition coefficient (Wildman–Crippen LogP) is 2.54. The normalized spacial score (nSPS) is 59.5. The van der Waals surface area contributed by atoms with E-state index in [0.29, 0.717) is 23.5 Å². The van der Waals surface area contributed by atoms with Gasteiger partial charge in [0.25, 0.3) is 0 Å². The van der Waals surface area contributed by atoms with Crippen molar-refractivity contribution >= 4 is 5.78 Å². The van der Waals surface area contributed by atoms with Crippen molar-refractivity contribution in [2.75, 3.05) is 0 Å². The molecule has 8 atom stereocenters. The number of ketones is 1. The third kappa shape index (κ3) is 1.60. The highest BCUT2D eigenvalue weighted by atomic mass is 16.3. The van der Waals surface area contributed by atoms with Crippen LogP contribution in [0, 0.1) is 34.5 Å². The maximum atomic E-state index is 13.3. The van der Waals surface area contributed by atoms with Gasteiger partial charge in [0, 0.05) is 5.92 Å². The Morgan fingerprint density at radius 3 is 2.57 bits per heavy atom. The first-order chi connectivity index (χ1) is 9.89. The van der Waals surface area contributed by atoms with Crippen LogP contribution in [0.15, 0.2) is 0 Å². The highest BCUT2D eigenvalue weighted by Crippen LogP contribution is 2.67. The summed E-state index contributed by atoms with van der Waals surface area (Å²) in [6, 6.07) is 0. The lowest BCUT2D eigenvalue weighted by Crippen LogP contribution is -2.50. The van der Waals surface area contributed by atoms with Crippen molar-refractivity contribution in [3.63, 3.8) is 0 Å². The molecule has 0 aromatic heterocycles. The van der Waals surface area contributed by atoms with Crippen molar-refractivity contribution in [2.45, 2.75) is 71.0 Å². The molecule has 0 aliphatic heterocycles. The number of aliphatic hydroxyl groups excluding tert-OH is 2. The molecule has 0 radical (unpaired) electrons. The maximum Gasteiger partial charge on any atom is 0.145 e. The van der Waals surface area contributed by atoms with Gasteiger partial charge in [-0.05, 0) is 75.0 Å². The quantitative estimate of drug-likeness (QED) is 0.721. The molecule has 3 heteroatoms. The first kappa shape index (κ1) is 14.2. The molecule has 118 valence electrons. The minimum Gasteiger partial charge on any atom is -0.393 e. The number of carbonyl (C=O) groups is 1. The molecule has 3 nitrogen and oxygen atoms in total. The summed E-state index contributed by atoms with van der Waals surface area (Å²) in [6.07, 6.45) is 6.19. The molecule has 0 amide bonds. The van der Waals surface area contributed by atoms with Gasteiger partial charge in [-0.15, -0.1) is 0 Å². The second-order valence-electron chi connectivity index (χ2n) is 8.70. The number of carbonyl (C=O) groups excluding carboxylic acids is 1. The van der Waals surface area contributed by atoms with Crippen LogP contribution >= 0.6 is 0 Å². The number of hydrogen-bond donors (Lipinski definition) is 2. The Kier molecular flexibility index (Phi) is 2.92. The van der Waals surface area contributed by atoms with Crippen molar-refractivity contribution in [1.29, 1.82) is 0 Å². The zero-order valence-corrected chi connectivity index (χ0v) is 13.2. The Balaban J connectivity index is 1.73. The Labute approximate surface area is 127 Å². The Bertz CT molecular complexity index is 475. The molecule has 0 spiro atoms. The van der Waals surface area contributed by atoms with Crippen LogP contribution in [-0.4, -0.2) is 28.2 Å². The monoisotopic (exact) mass is 292 g/mol. The topological polar surface area (TPSA) is 57.5 Å². The van der Waals surface area contributed by atoms with Gasteiger partial charge in [-0.3, -0.25) is 4.79 Å². The van der Waals surface area contributed by atoms with Gasteiger partial charge in [0.05, 0.1) is 17.6 Å². The van der Waals surface area contributed by atoms with Crippen LogP contribution in [0.5, 0.6) is 0 Å². The second-order valence-corrected chi connectivity index (χ2v) is 8.70. The number of rotatable bonds is 0. The molecule has 0 aromatic rings. The maximum absolute atomic E-state index is 13.3. The van der Waals surface area contributed by atoms with E-state index in [2.05, 4.69) is 6.92 Å². The van der Waals surface area contributed by atoms with Gasteiger partial charge >= 0.3 is 0 Å². The molecule has 0 bridgehead atoms. The van der Waals surface area contributed by atoms with E-state index < -0.39 is 11.5 Å². The first-order valence-corrected chi connectivity index (χ1v) is 8.79. The van der Waals surface area contributed by atoms with Gasteiger partial charge in [0.1, 0.15) is 5.78 Å². The summed E-state index contributed by atoms with van der Waals surface area (Å²) in [5, 5.41) is 20.4. The van der Waals surface area contributed by atoms with Crippen LogP contribution in [0.4, 0.5) is 0 Å². The number of fused-ring (bicyclic) bond motifs is 5. The standard InChI is InChI=1S/C18H28O3/c1-17-8-7-11(19)9-10(17)3-4-12-13-5-6-14(20)18(13,2)16(21)15(12)17/h10-15,19-20H,3-9H2,1-2H3/t10-,11-,12+,13+,14+,15-,17+,18-/m1/s1. The van der Waals surface area contributed by atoms with E-state index in [0.717, 1.165) is 44.9 Å². The van der Waals surface area contributed by atoms with E-state index in [1.54, 1.807) is 0 Å². The molecule has 4 saturated carbocycles. The van der Waals surface area contributed by atoms with Crippen LogP contribution in [0.1, 0.15) is 58.8 Å². The van der Waals surface area contributed by atoms with Crippen molar-refractivity contribution in [3.05, 3.63) is 0 Å². The van der Waals surface area contributed by atoms with Crippen LogP contribution < -0.4 is 0 Å². The fraction of sp³-hybridized carbons (Fsp3) is 0.944. The van der Waals surface area contributed by atoms with Crippen molar-refractivity contribution < 1.29 is 15.0 Å². The largest absolute Gasteiger partial charge is 0.393 e. The summed E-state index contributed by atoms with van der Waals surface area (Å²) in [6.45, 7) is 4.33. The minimum absolute atomic E-state index is 0.0618. The smallest absolute Gasteiger partial charge is 0.145 e. The molecular weight excluding hydrogens is 264 g/mol. The van der Waals surface area contributed by atoms with E-state index >= 15 is 0 Å². The third-order valence-corrected chi connectivity index (χ3v) is 8.04. The van der Waals surface area contributed by atoms with Crippen LogP contribution in [0.2, 0.25) is 0 Å². The highest BCUT2D eigenvalue weighted by molar-refractivity contribution is 5.91. The zero-order valence-electron chi connectivity index (χ0n) is 13.2. The molecule has 0 heterocycles. The summed E-state index contributed by atoms with van der Waals surface area (Å²) in [5.74, 6) is 1.86. The zero-order chi connectivity index (χ0) is 15.0. The SMILES string of the molecule is C[C@]12CC[C@@H](O)C[C@H]1CC[C@@H]1[C@@H]2C(=O)[C@@]2(C)[C@@H](O)CC[C@@H]12. The van der Waals surface area contributed by atoms with Gasteiger partial charge in [-0.25, -0.2) is 0 Å². The lowest BCUT2D eigenvalue weighted by atomic mass is 9.52. The molecular formula is C18H28O3. The van der Waals surface area contributed by atoms with E-state index in [-0.39, 0.29) is 17.4 Å². The molecule has 0 saturated heterocycles. The Morgan fingerprint density at radius 2 is 1.81 bits per heavy atom. The van der Waals surface area contributed by atoms with Crippen LogP contribution in [0.3, 0.4) is 0 Å². The summed E-state index contributed by atoms with van der Waals surface area (Å²) >= 11 is 0. The van der Waals surface area contributed by atoms with Gasteiger partial charge in [-0.1, -0.05) is 6.92 Å². The molecule has 0 unspecified atom stereocenters. The van der Waals surface area contributed by atoms with Crippen molar-refractivity contribution in [3.8, 4) is 0 Å². The fourth-order valence-corrected chi connectivity index (χ4v) is 6.76. The molecule has 2 N–H and O–H groups in total. The molecule has 4 aliphatic rings. The highest BCUT2D eigenvalue weighted by Gasteiger charge is 2.68. The van der Waals surface area contributed by atoms with E-state index in [4.69, 9.17) is 0 Å². The van der Waals surface area contributed by atoms with Gasteiger partial charge in [0.2, 0.25) is 0 Å². The average molecular weight is 292 g/mol. The first-order valence-electron chi connectivity index (χ1n) is 8.79. The fourth-order valence-electron chi connectivity index (χ4n) is 6.76. The summed E-state index contributed by atoms with van der Waals surface area (Å²) in [4.78, 5) is 13.3. The Morgan fingerprint density at radius 1 is 1.05 bits per heavy atom. The van der Waals surface area contributed by atoms with Gasteiger partial charge < -0.3 is 10.2 Å². The van der Waals surface area contributed by atoms with E-state index in [9.17, 15) is 15.0 Å². The lowest BCUT2D eigenvalue weighted by molar-refractivity contribution is -0.143. The average Bonchev–Trinajstić information content (AvgIpc) is 2.86. The van der Waals surface area contributed by atoms with Crippen molar-refractivity contribution in [1.82, 2.24) is 0 Å². The molecule has 4 rings (SSSR count). The molecule has 4 fully saturated rings. The third-order valence-electron chi connectivity index (χ3n) is 8.04. The number of hydrogen-bond acceptors (Lipinski definition) is 3. The van der Waals surface area contributed by atoms with Gasteiger partial charge in [-0.2, -0.15) is 0 Å². The second kappa shape index (κ2) is 4.32. The Hall–Kier alpha value is -0.410. The molecule has 21 heavy (non-hydrogen) atoms. The summed E-state index contributed by atoms with van der Waals surface area (Å²) in [7, 11) is 0. The number of aliphatic hydroxyl groups is 2. The van der Waals surface area contributed by atoms with E-state index in [1.807, 2.05) is 6.92 Å². The summed E-state index contributed by atoms with van der Waals surface area (Å²) < 4.78 is 0. The van der Waals surface area contributed by atoms with Crippen LogP contribution in [-0.2, 0) is 4.79 Å². The molecule has 0 aromatic carbocycles. The molecule has 4 aliphatic carbocycles. The summed E-state index contributed by atoms with van der Waals surface area (Å²) in [5.41, 5.74) is -0.421. The minimum atomic E-state index is -0.483. The van der Waals surface area contributed by atoms with Gasteiger partial charge in [0.15, 0.2) is 0 Å². The van der Waals surface area contributed by atoms with Crippen molar-refractivity contribution in [2.24, 2.45) is 34.5 Å². The number of Topliss-reactive ketones (excluding diaryl/α,β-unsaturated/α-hetero) is 1. The predicted molar refractivity (Wildman–Crippen MR) is 79.5 cm³/mol.